The van der Waals surface area contributed by atoms with Crippen LogP contribution in [0.4, 0.5) is 0 Å². The number of hydrogen-bond acceptors (Lipinski definition) is 5. The molecule has 110 valence electrons. The van der Waals surface area contributed by atoms with Crippen molar-refractivity contribution in [1.82, 2.24) is 29.7 Å². The number of amides is 1. The maximum atomic E-state index is 12.3. The smallest absolute Gasteiger partial charge is 0.358 e. The molecule has 0 aliphatic carbocycles. The average Bonchev–Trinajstić information content (AvgIpc) is 2.97. The number of carbonyl (C=O) groups is 2. The van der Waals surface area contributed by atoms with Crippen LogP contribution in [0, 0.1) is 6.92 Å². The van der Waals surface area contributed by atoms with Gasteiger partial charge in [-0.3, -0.25) is 9.48 Å². The highest BCUT2D eigenvalue weighted by Gasteiger charge is 2.34. The normalized spacial score (nSPS) is 15.0. The van der Waals surface area contributed by atoms with Crippen molar-refractivity contribution in [3.05, 3.63) is 29.3 Å². The molecule has 1 fully saturated rings. The van der Waals surface area contributed by atoms with Crippen molar-refractivity contribution >= 4 is 11.9 Å². The number of likely N-dealkylation sites (tertiary alicyclic amines) is 1. The fourth-order valence-corrected chi connectivity index (χ4v) is 2.22. The molecule has 2 aromatic rings. The third-order valence-corrected chi connectivity index (χ3v) is 3.72. The summed E-state index contributed by atoms with van der Waals surface area (Å²) in [5.74, 6) is -1.19. The minimum Gasteiger partial charge on any atom is -0.476 e. The third-order valence-electron chi connectivity index (χ3n) is 3.72. The van der Waals surface area contributed by atoms with Gasteiger partial charge in [0.2, 0.25) is 0 Å². The van der Waals surface area contributed by atoms with Crippen LogP contribution in [0.15, 0.2) is 12.4 Å². The zero-order valence-electron chi connectivity index (χ0n) is 11.6. The van der Waals surface area contributed by atoms with Crippen LogP contribution >= 0.6 is 0 Å². The highest BCUT2D eigenvalue weighted by molar-refractivity contribution is 5.95. The van der Waals surface area contributed by atoms with E-state index in [0.29, 0.717) is 18.7 Å². The average molecular weight is 290 g/mol. The predicted octanol–water partition coefficient (Wildman–Crippen LogP) is -0.285. The van der Waals surface area contributed by atoms with Crippen LogP contribution in [0.5, 0.6) is 0 Å². The van der Waals surface area contributed by atoms with Gasteiger partial charge in [-0.25, -0.2) is 9.48 Å². The van der Waals surface area contributed by atoms with E-state index in [-0.39, 0.29) is 17.6 Å². The summed E-state index contributed by atoms with van der Waals surface area (Å²) < 4.78 is 3.14. The van der Waals surface area contributed by atoms with Crippen molar-refractivity contribution in [3.8, 4) is 0 Å². The monoisotopic (exact) mass is 290 g/mol. The van der Waals surface area contributed by atoms with E-state index < -0.39 is 5.97 Å². The van der Waals surface area contributed by atoms with Crippen LogP contribution < -0.4 is 0 Å². The quantitative estimate of drug-likeness (QED) is 0.833. The van der Waals surface area contributed by atoms with E-state index in [1.165, 1.54) is 10.9 Å². The Morgan fingerprint density at radius 3 is 2.62 bits per heavy atom. The molecule has 1 aliphatic heterocycles. The molecule has 0 saturated carbocycles. The maximum absolute atomic E-state index is 12.3. The van der Waals surface area contributed by atoms with E-state index in [9.17, 15) is 9.59 Å². The van der Waals surface area contributed by atoms with Gasteiger partial charge in [0.05, 0.1) is 24.0 Å². The fourth-order valence-electron chi connectivity index (χ4n) is 2.22. The Hall–Kier alpha value is -2.71. The largest absolute Gasteiger partial charge is 0.476 e. The lowest BCUT2D eigenvalue weighted by molar-refractivity contribution is 0.0496. The van der Waals surface area contributed by atoms with Crippen molar-refractivity contribution in [3.63, 3.8) is 0 Å². The highest BCUT2D eigenvalue weighted by Crippen LogP contribution is 2.23. The topological polar surface area (TPSA) is 106 Å². The first kappa shape index (κ1) is 13.3. The Labute approximate surface area is 119 Å². The van der Waals surface area contributed by atoms with Crippen LogP contribution in [0.2, 0.25) is 0 Å². The SMILES string of the molecule is Cc1c(C(=O)N2CC(n3cc(C(=O)O)nn3)C2)cnn1C. The van der Waals surface area contributed by atoms with Crippen LogP contribution in [-0.4, -0.2) is 59.7 Å². The predicted molar refractivity (Wildman–Crippen MR) is 69.9 cm³/mol. The molecule has 0 bridgehead atoms. The van der Waals surface area contributed by atoms with E-state index in [1.807, 2.05) is 6.92 Å². The van der Waals surface area contributed by atoms with Crippen molar-refractivity contribution in [2.24, 2.45) is 7.05 Å². The van der Waals surface area contributed by atoms with Crippen LogP contribution in [0.3, 0.4) is 0 Å². The molecule has 21 heavy (non-hydrogen) atoms. The number of rotatable bonds is 3. The van der Waals surface area contributed by atoms with Crippen LogP contribution in [-0.2, 0) is 7.05 Å². The highest BCUT2D eigenvalue weighted by atomic mass is 16.4. The summed E-state index contributed by atoms with van der Waals surface area (Å²) in [6.07, 6.45) is 2.94. The molecule has 3 heterocycles. The summed E-state index contributed by atoms with van der Waals surface area (Å²) in [4.78, 5) is 24.7. The van der Waals surface area contributed by atoms with Gasteiger partial charge in [-0.15, -0.1) is 5.10 Å². The van der Waals surface area contributed by atoms with Gasteiger partial charge in [0.15, 0.2) is 5.69 Å². The Morgan fingerprint density at radius 2 is 2.10 bits per heavy atom. The zero-order chi connectivity index (χ0) is 15.1. The molecule has 3 rings (SSSR count). The van der Waals surface area contributed by atoms with Gasteiger partial charge >= 0.3 is 5.97 Å². The number of carboxylic acid groups (broad SMARTS) is 1. The van der Waals surface area contributed by atoms with Crippen molar-refractivity contribution in [2.45, 2.75) is 13.0 Å². The molecule has 9 nitrogen and oxygen atoms in total. The molecule has 0 unspecified atom stereocenters. The lowest BCUT2D eigenvalue weighted by Crippen LogP contribution is -2.51. The van der Waals surface area contributed by atoms with Crippen LogP contribution in [0.25, 0.3) is 0 Å². The number of nitrogens with zero attached hydrogens (tertiary/aromatic N) is 6. The van der Waals surface area contributed by atoms with Gasteiger partial charge in [0.1, 0.15) is 0 Å². The summed E-state index contributed by atoms with van der Waals surface area (Å²) in [5.41, 5.74) is 1.31. The second-order valence-corrected chi connectivity index (χ2v) is 5.02. The summed E-state index contributed by atoms with van der Waals surface area (Å²) in [6, 6.07) is -0.0356. The molecule has 0 atom stereocenters. The standard InChI is InChI=1S/C12H14N6O3/c1-7-9(3-13-16(7)2)11(19)17-4-8(5-17)18-6-10(12(20)21)14-15-18/h3,6,8H,4-5H2,1-2H3,(H,20,21). The van der Waals surface area contributed by atoms with Crippen molar-refractivity contribution in [1.29, 1.82) is 0 Å². The van der Waals surface area contributed by atoms with E-state index in [4.69, 9.17) is 5.11 Å². The van der Waals surface area contributed by atoms with E-state index in [0.717, 1.165) is 5.69 Å². The lowest BCUT2D eigenvalue weighted by atomic mass is 10.1. The first-order valence-corrected chi connectivity index (χ1v) is 6.40. The third kappa shape index (κ3) is 2.16. The molecule has 1 amide bonds. The number of hydrogen-bond donors (Lipinski definition) is 1. The summed E-state index contributed by atoms with van der Waals surface area (Å²) in [6.45, 7) is 2.80. The van der Waals surface area contributed by atoms with Crippen LogP contribution in [0.1, 0.15) is 32.6 Å². The molecule has 2 aromatic heterocycles. The summed E-state index contributed by atoms with van der Waals surface area (Å²) >= 11 is 0. The Kier molecular flexibility index (Phi) is 2.96. The van der Waals surface area contributed by atoms with E-state index >= 15 is 0 Å². The molecular formula is C12H14N6O3. The summed E-state index contributed by atoms with van der Waals surface area (Å²) in [7, 11) is 1.79. The first-order valence-electron chi connectivity index (χ1n) is 6.40. The molecule has 9 heteroatoms. The minimum atomic E-state index is -1.11. The van der Waals surface area contributed by atoms with Crippen molar-refractivity contribution in [2.75, 3.05) is 13.1 Å². The molecule has 0 spiro atoms. The summed E-state index contributed by atoms with van der Waals surface area (Å²) in [5, 5.41) is 20.2. The van der Waals surface area contributed by atoms with Gasteiger partial charge < -0.3 is 10.0 Å². The number of carboxylic acids is 1. The van der Waals surface area contributed by atoms with Gasteiger partial charge in [-0.05, 0) is 6.92 Å². The minimum absolute atomic E-state index is 0.0356. The number of aryl methyl sites for hydroxylation is 1. The zero-order valence-corrected chi connectivity index (χ0v) is 11.6. The number of aromatic carboxylic acids is 1. The van der Waals surface area contributed by atoms with Crippen molar-refractivity contribution < 1.29 is 14.7 Å². The number of carbonyl (C=O) groups excluding carboxylic acids is 1. The second kappa shape index (κ2) is 4.69. The molecule has 0 aromatic carbocycles. The fraction of sp³-hybridized carbons (Fsp3) is 0.417. The molecular weight excluding hydrogens is 276 g/mol. The first-order chi connectivity index (χ1) is 9.97. The van der Waals surface area contributed by atoms with Gasteiger partial charge in [-0.2, -0.15) is 5.10 Å². The lowest BCUT2D eigenvalue weighted by Gasteiger charge is -2.38. The molecule has 0 radical (unpaired) electrons. The van der Waals surface area contributed by atoms with E-state index in [2.05, 4.69) is 15.4 Å². The Morgan fingerprint density at radius 1 is 1.38 bits per heavy atom. The Balaban J connectivity index is 1.66. The van der Waals surface area contributed by atoms with Gasteiger partial charge in [0, 0.05) is 25.8 Å². The number of aromatic nitrogens is 5. The van der Waals surface area contributed by atoms with E-state index in [1.54, 1.807) is 22.8 Å². The molecule has 1 N–H and O–H groups in total. The Bertz CT molecular complexity index is 712. The second-order valence-electron chi connectivity index (χ2n) is 5.02. The van der Waals surface area contributed by atoms with Gasteiger partial charge in [0.25, 0.3) is 5.91 Å². The van der Waals surface area contributed by atoms with Gasteiger partial charge in [-0.1, -0.05) is 5.21 Å². The molecule has 1 saturated heterocycles. The maximum Gasteiger partial charge on any atom is 0.358 e. The molecule has 1 aliphatic rings.